The molecule has 0 bridgehead atoms. The maximum Gasteiger partial charge on any atom is 0.0771 e. The van der Waals surface area contributed by atoms with Gasteiger partial charge in [0.2, 0.25) is 0 Å². The molecule has 1 aliphatic carbocycles. The van der Waals surface area contributed by atoms with E-state index >= 15 is 0 Å². The largest absolute Gasteiger partial charge is 0.389 e. The lowest BCUT2D eigenvalue weighted by molar-refractivity contribution is -0.0365. The number of rotatable bonds is 4. The van der Waals surface area contributed by atoms with Crippen molar-refractivity contribution in [3.63, 3.8) is 0 Å². The Morgan fingerprint density at radius 3 is 2.00 bits per heavy atom. The van der Waals surface area contributed by atoms with Gasteiger partial charge >= 0.3 is 0 Å². The van der Waals surface area contributed by atoms with Gasteiger partial charge in [0.15, 0.2) is 0 Å². The summed E-state index contributed by atoms with van der Waals surface area (Å²) in [5.41, 5.74) is -1.75. The summed E-state index contributed by atoms with van der Waals surface area (Å²) in [5.74, 6) is 0. The van der Waals surface area contributed by atoms with Gasteiger partial charge in [0.05, 0.1) is 11.2 Å². The minimum Gasteiger partial charge on any atom is -0.389 e. The second-order valence-electron chi connectivity index (χ2n) is 6.32. The lowest BCUT2D eigenvalue weighted by Crippen LogP contribution is -2.59. The summed E-state index contributed by atoms with van der Waals surface area (Å²) in [4.78, 5) is 0. The average Bonchev–Trinajstić information content (AvgIpc) is 2.15. The Morgan fingerprint density at radius 2 is 1.56 bits per heavy atom. The molecule has 1 saturated carbocycles. The summed E-state index contributed by atoms with van der Waals surface area (Å²) in [6.45, 7) is 8.11. The summed E-state index contributed by atoms with van der Waals surface area (Å²) in [6, 6.07) is 0. The van der Waals surface area contributed by atoms with Crippen molar-refractivity contribution in [3.8, 4) is 0 Å². The van der Waals surface area contributed by atoms with Crippen LogP contribution in [0.3, 0.4) is 0 Å². The lowest BCUT2D eigenvalue weighted by atomic mass is 9.82. The Kier molecular flexibility index (Phi) is 4.04. The van der Waals surface area contributed by atoms with Crippen LogP contribution in [0.2, 0.25) is 0 Å². The van der Waals surface area contributed by atoms with E-state index in [9.17, 15) is 10.2 Å². The van der Waals surface area contributed by atoms with Crippen molar-refractivity contribution >= 4 is 0 Å². The van der Waals surface area contributed by atoms with Crippen LogP contribution in [0.1, 0.15) is 59.8 Å². The second-order valence-corrected chi connectivity index (χ2v) is 6.32. The molecular formula is C13H27NO2. The predicted molar refractivity (Wildman–Crippen MR) is 66.4 cm³/mol. The molecule has 0 spiro atoms. The summed E-state index contributed by atoms with van der Waals surface area (Å²) in [5, 5.41) is 23.7. The molecule has 3 nitrogen and oxygen atoms in total. The van der Waals surface area contributed by atoms with E-state index < -0.39 is 11.2 Å². The molecule has 0 amide bonds. The lowest BCUT2D eigenvalue weighted by Gasteiger charge is -2.42. The molecule has 96 valence electrons. The van der Waals surface area contributed by atoms with Gasteiger partial charge in [0.25, 0.3) is 0 Å². The Bertz CT molecular complexity index is 225. The third kappa shape index (κ3) is 3.44. The first kappa shape index (κ1) is 13.9. The van der Waals surface area contributed by atoms with Gasteiger partial charge < -0.3 is 15.5 Å². The molecule has 1 rings (SSSR count). The highest BCUT2D eigenvalue weighted by Crippen LogP contribution is 2.29. The van der Waals surface area contributed by atoms with Crippen molar-refractivity contribution in [2.75, 3.05) is 6.54 Å². The Labute approximate surface area is 99.3 Å². The highest BCUT2D eigenvalue weighted by molar-refractivity contribution is 4.96. The summed E-state index contributed by atoms with van der Waals surface area (Å²) in [7, 11) is 0. The molecule has 0 aliphatic heterocycles. The van der Waals surface area contributed by atoms with Gasteiger partial charge in [-0.15, -0.1) is 0 Å². The molecule has 16 heavy (non-hydrogen) atoms. The molecule has 0 heterocycles. The summed E-state index contributed by atoms with van der Waals surface area (Å²) in [6.07, 6.45) is 5.21. The molecule has 0 aromatic heterocycles. The van der Waals surface area contributed by atoms with Crippen molar-refractivity contribution in [1.29, 1.82) is 0 Å². The number of hydrogen-bond acceptors (Lipinski definition) is 3. The molecule has 0 atom stereocenters. The van der Waals surface area contributed by atoms with Crippen LogP contribution in [-0.2, 0) is 0 Å². The van der Waals surface area contributed by atoms with Gasteiger partial charge in [-0.2, -0.15) is 0 Å². The van der Waals surface area contributed by atoms with E-state index in [4.69, 9.17) is 0 Å². The molecule has 3 N–H and O–H groups in total. The molecule has 0 aromatic carbocycles. The predicted octanol–water partition coefficient (Wildman–Crippen LogP) is 1.82. The quantitative estimate of drug-likeness (QED) is 0.689. The van der Waals surface area contributed by atoms with Crippen molar-refractivity contribution in [1.82, 2.24) is 5.32 Å². The highest BCUT2D eigenvalue weighted by atomic mass is 16.3. The zero-order valence-electron chi connectivity index (χ0n) is 11.1. The highest BCUT2D eigenvalue weighted by Gasteiger charge is 2.37. The van der Waals surface area contributed by atoms with Gasteiger partial charge in [-0.3, -0.25) is 0 Å². The average molecular weight is 229 g/mol. The van der Waals surface area contributed by atoms with Gasteiger partial charge in [-0.25, -0.2) is 0 Å². The minimum atomic E-state index is -0.794. The van der Waals surface area contributed by atoms with Crippen molar-refractivity contribution in [2.45, 2.75) is 76.5 Å². The number of nitrogens with one attached hydrogen (secondary N) is 1. The van der Waals surface area contributed by atoms with Gasteiger partial charge in [-0.1, -0.05) is 19.3 Å². The van der Waals surface area contributed by atoms with Crippen LogP contribution in [0.5, 0.6) is 0 Å². The van der Waals surface area contributed by atoms with E-state index in [0.717, 1.165) is 25.7 Å². The van der Waals surface area contributed by atoms with Crippen LogP contribution in [0.4, 0.5) is 0 Å². The molecular weight excluding hydrogens is 202 g/mol. The fourth-order valence-electron chi connectivity index (χ4n) is 1.99. The minimum absolute atomic E-state index is 0.389. The zero-order chi connectivity index (χ0) is 12.4. The Hall–Kier alpha value is -0.120. The third-order valence-corrected chi connectivity index (χ3v) is 4.17. The third-order valence-electron chi connectivity index (χ3n) is 4.17. The van der Waals surface area contributed by atoms with E-state index in [2.05, 4.69) is 5.32 Å². The second kappa shape index (κ2) is 4.63. The topological polar surface area (TPSA) is 52.5 Å². The van der Waals surface area contributed by atoms with Crippen LogP contribution in [-0.4, -0.2) is 33.5 Å². The van der Waals surface area contributed by atoms with Gasteiger partial charge in [-0.05, 0) is 40.5 Å². The van der Waals surface area contributed by atoms with Crippen LogP contribution >= 0.6 is 0 Å². The first-order valence-corrected chi connectivity index (χ1v) is 6.36. The number of hydrogen-bond donors (Lipinski definition) is 3. The molecule has 1 aliphatic rings. The maximum absolute atomic E-state index is 10.4. The summed E-state index contributed by atoms with van der Waals surface area (Å²) >= 11 is 0. The number of aliphatic hydroxyl groups is 2. The maximum atomic E-state index is 10.4. The standard InChI is InChI=1S/C13H27NO2/c1-11(2,12(3,4)15)14-10-13(16)8-6-5-7-9-13/h14-16H,5-10H2,1-4H3. The fourth-order valence-corrected chi connectivity index (χ4v) is 1.99. The van der Waals surface area contributed by atoms with E-state index in [-0.39, 0.29) is 5.54 Å². The molecule has 0 radical (unpaired) electrons. The Morgan fingerprint density at radius 1 is 1.06 bits per heavy atom. The van der Waals surface area contributed by atoms with Crippen LogP contribution in [0.15, 0.2) is 0 Å². The molecule has 1 fully saturated rings. The van der Waals surface area contributed by atoms with E-state index in [1.165, 1.54) is 6.42 Å². The van der Waals surface area contributed by atoms with E-state index in [0.29, 0.717) is 6.54 Å². The van der Waals surface area contributed by atoms with Crippen LogP contribution in [0.25, 0.3) is 0 Å². The first-order chi connectivity index (χ1) is 7.16. The van der Waals surface area contributed by atoms with Crippen molar-refractivity contribution in [3.05, 3.63) is 0 Å². The molecule has 3 heteroatoms. The molecule has 0 unspecified atom stereocenters. The monoisotopic (exact) mass is 229 g/mol. The number of β-amino-alcohol motifs (C(OH)–C–C–N with tert-alkyl or cyclic N) is 1. The smallest absolute Gasteiger partial charge is 0.0771 e. The molecule has 0 saturated heterocycles. The van der Waals surface area contributed by atoms with E-state index in [1.54, 1.807) is 13.8 Å². The molecule has 0 aromatic rings. The van der Waals surface area contributed by atoms with Crippen LogP contribution in [0, 0.1) is 0 Å². The fraction of sp³-hybridized carbons (Fsp3) is 1.00. The van der Waals surface area contributed by atoms with Crippen molar-refractivity contribution < 1.29 is 10.2 Å². The van der Waals surface area contributed by atoms with E-state index in [1.807, 2.05) is 13.8 Å². The zero-order valence-corrected chi connectivity index (χ0v) is 11.1. The van der Waals surface area contributed by atoms with Gasteiger partial charge in [0, 0.05) is 12.1 Å². The first-order valence-electron chi connectivity index (χ1n) is 6.36. The normalized spacial score (nSPS) is 22.1. The van der Waals surface area contributed by atoms with Crippen molar-refractivity contribution in [2.24, 2.45) is 0 Å². The van der Waals surface area contributed by atoms with Gasteiger partial charge in [0.1, 0.15) is 0 Å². The van der Waals surface area contributed by atoms with Crippen LogP contribution < -0.4 is 5.32 Å². The Balaban J connectivity index is 2.50. The SMILES string of the molecule is CC(C)(O)C(C)(C)NCC1(O)CCCCC1. The summed E-state index contributed by atoms with van der Waals surface area (Å²) < 4.78 is 0.